The van der Waals surface area contributed by atoms with E-state index in [0.29, 0.717) is 0 Å². The van der Waals surface area contributed by atoms with Crippen LogP contribution in [0.4, 0.5) is 0 Å². The highest BCUT2D eigenvalue weighted by Gasteiger charge is 2.22. The van der Waals surface area contributed by atoms with Gasteiger partial charge in [0.1, 0.15) is 5.75 Å². The molecule has 0 aliphatic heterocycles. The van der Waals surface area contributed by atoms with Crippen LogP contribution in [0.15, 0.2) is 30.2 Å². The largest absolute Gasteiger partial charge is 0.496 e. The molecule has 108 valence electrons. The molecule has 0 aliphatic rings. The van der Waals surface area contributed by atoms with Crippen LogP contribution >= 0.6 is 59.1 Å². The summed E-state index contributed by atoms with van der Waals surface area (Å²) in [5, 5.41) is 3.37. The number of halogens is 3. The first-order valence-electron chi connectivity index (χ1n) is 5.94. The molecular formula is C14H14Br3NOS. The molecule has 20 heavy (non-hydrogen) atoms. The second kappa shape index (κ2) is 6.92. The molecule has 1 aromatic heterocycles. The zero-order chi connectivity index (χ0) is 14.9. The number of ether oxygens (including phenoxy) is 1. The monoisotopic (exact) mass is 481 g/mol. The molecule has 1 aromatic carbocycles. The van der Waals surface area contributed by atoms with Gasteiger partial charge in [0.2, 0.25) is 0 Å². The molecule has 0 spiro atoms. The van der Waals surface area contributed by atoms with Crippen LogP contribution in [0.25, 0.3) is 0 Å². The van der Waals surface area contributed by atoms with Crippen LogP contribution in [0.3, 0.4) is 0 Å². The number of methoxy groups -OCH3 is 1. The maximum atomic E-state index is 5.55. The van der Waals surface area contributed by atoms with Crippen molar-refractivity contribution in [2.24, 2.45) is 0 Å². The molecule has 1 heterocycles. The number of aryl methyl sites for hydroxylation is 1. The molecule has 0 bridgehead atoms. The Morgan fingerprint density at radius 3 is 2.35 bits per heavy atom. The normalized spacial score (nSPS) is 12.5. The molecule has 0 saturated carbocycles. The third-order valence-electron chi connectivity index (χ3n) is 3.10. The fourth-order valence-electron chi connectivity index (χ4n) is 2.10. The predicted molar refractivity (Wildman–Crippen MR) is 96.1 cm³/mol. The number of benzene rings is 1. The first kappa shape index (κ1) is 16.5. The van der Waals surface area contributed by atoms with Crippen molar-refractivity contribution in [1.29, 1.82) is 0 Å². The third-order valence-corrected chi connectivity index (χ3v) is 6.34. The van der Waals surface area contributed by atoms with Gasteiger partial charge in [-0.3, -0.25) is 0 Å². The van der Waals surface area contributed by atoms with Gasteiger partial charge in [-0.25, -0.2) is 0 Å². The molecule has 6 heteroatoms. The van der Waals surface area contributed by atoms with E-state index >= 15 is 0 Å². The van der Waals surface area contributed by atoms with Gasteiger partial charge in [-0.05, 0) is 75.2 Å². The van der Waals surface area contributed by atoms with Gasteiger partial charge in [-0.15, -0.1) is 11.3 Å². The molecule has 1 atom stereocenters. The zero-order valence-electron chi connectivity index (χ0n) is 11.3. The van der Waals surface area contributed by atoms with E-state index in [4.69, 9.17) is 4.74 Å². The van der Waals surface area contributed by atoms with Crippen molar-refractivity contribution in [3.8, 4) is 5.75 Å². The van der Waals surface area contributed by atoms with Crippen molar-refractivity contribution in [3.05, 3.63) is 46.9 Å². The van der Waals surface area contributed by atoms with Crippen LogP contribution in [0.1, 0.15) is 22.7 Å². The van der Waals surface area contributed by atoms with E-state index in [1.54, 1.807) is 18.4 Å². The molecule has 1 unspecified atom stereocenters. The summed E-state index contributed by atoms with van der Waals surface area (Å²) in [5.74, 6) is 0.888. The van der Waals surface area contributed by atoms with Crippen molar-refractivity contribution in [2.45, 2.75) is 13.0 Å². The summed E-state index contributed by atoms with van der Waals surface area (Å²) in [5.41, 5.74) is 3.46. The number of hydrogen-bond acceptors (Lipinski definition) is 3. The molecule has 2 aromatic rings. The Morgan fingerprint density at radius 1 is 1.15 bits per heavy atom. The van der Waals surface area contributed by atoms with E-state index in [1.165, 1.54) is 5.56 Å². The van der Waals surface area contributed by atoms with Crippen molar-refractivity contribution >= 4 is 59.1 Å². The fourth-order valence-corrected chi connectivity index (χ4v) is 5.36. The lowest BCUT2D eigenvalue weighted by Gasteiger charge is -2.20. The smallest absolute Gasteiger partial charge is 0.124 e. The lowest BCUT2D eigenvalue weighted by atomic mass is 9.99. The summed E-state index contributed by atoms with van der Waals surface area (Å²) in [7, 11) is 3.66. The summed E-state index contributed by atoms with van der Waals surface area (Å²) in [6.45, 7) is 2.06. The Bertz CT molecular complexity index is 627. The molecular weight excluding hydrogens is 470 g/mol. The minimum atomic E-state index is 0.0683. The van der Waals surface area contributed by atoms with E-state index in [-0.39, 0.29) is 6.04 Å². The van der Waals surface area contributed by atoms with Crippen LogP contribution in [0, 0.1) is 6.92 Å². The predicted octanol–water partition coefficient (Wildman–Crippen LogP) is 5.66. The Balaban J connectivity index is 2.57. The Hall–Kier alpha value is 0.120. The fraction of sp³-hybridized carbons (Fsp3) is 0.286. The van der Waals surface area contributed by atoms with Gasteiger partial charge in [-0.1, -0.05) is 15.9 Å². The number of thiophene rings is 1. The summed E-state index contributed by atoms with van der Waals surface area (Å²) in [6.07, 6.45) is 0. The highest BCUT2D eigenvalue weighted by atomic mass is 79.9. The van der Waals surface area contributed by atoms with Crippen LogP contribution < -0.4 is 10.1 Å². The second-order valence-electron chi connectivity index (χ2n) is 4.34. The molecule has 0 saturated heterocycles. The lowest BCUT2D eigenvalue weighted by Crippen LogP contribution is -2.18. The maximum Gasteiger partial charge on any atom is 0.124 e. The number of hydrogen-bond donors (Lipinski definition) is 1. The summed E-state index contributed by atoms with van der Waals surface area (Å²) in [6, 6.07) is 6.37. The number of nitrogens with one attached hydrogen (secondary N) is 1. The van der Waals surface area contributed by atoms with Crippen LogP contribution in [0.2, 0.25) is 0 Å². The van der Waals surface area contributed by atoms with Crippen molar-refractivity contribution in [2.75, 3.05) is 14.2 Å². The van der Waals surface area contributed by atoms with Crippen molar-refractivity contribution in [1.82, 2.24) is 5.32 Å². The quantitative estimate of drug-likeness (QED) is 0.605. The first-order valence-corrected chi connectivity index (χ1v) is 9.13. The van der Waals surface area contributed by atoms with E-state index in [2.05, 4.69) is 78.2 Å². The molecule has 0 aliphatic carbocycles. The van der Waals surface area contributed by atoms with Crippen molar-refractivity contribution < 1.29 is 4.74 Å². The molecule has 0 radical (unpaired) electrons. The Morgan fingerprint density at radius 2 is 1.85 bits per heavy atom. The molecule has 2 rings (SSSR count). The van der Waals surface area contributed by atoms with Crippen LogP contribution in [-0.4, -0.2) is 14.2 Å². The van der Waals surface area contributed by atoms with Gasteiger partial charge in [0.05, 0.1) is 20.7 Å². The first-order chi connectivity index (χ1) is 9.47. The molecule has 0 amide bonds. The molecule has 1 N–H and O–H groups in total. The number of rotatable bonds is 4. The van der Waals surface area contributed by atoms with Gasteiger partial charge in [-0.2, -0.15) is 0 Å². The standard InChI is InChI=1S/C14H14Br3NOS/c1-7-4-11(19-3)8(5-10(7)15)13(18-2)9-6-12(16)20-14(9)17/h4-6,13,18H,1-3H3. The molecule has 0 fully saturated rings. The minimum Gasteiger partial charge on any atom is -0.496 e. The van der Waals surface area contributed by atoms with E-state index in [0.717, 1.165) is 28.9 Å². The zero-order valence-corrected chi connectivity index (χ0v) is 16.8. The second-order valence-corrected chi connectivity index (χ2v) is 8.95. The summed E-state index contributed by atoms with van der Waals surface area (Å²) < 4.78 is 8.85. The highest BCUT2D eigenvalue weighted by Crippen LogP contribution is 2.41. The Labute approximate surface area is 148 Å². The summed E-state index contributed by atoms with van der Waals surface area (Å²) >= 11 is 12.4. The lowest BCUT2D eigenvalue weighted by molar-refractivity contribution is 0.405. The third kappa shape index (κ3) is 3.30. The van der Waals surface area contributed by atoms with Crippen LogP contribution in [0.5, 0.6) is 5.75 Å². The van der Waals surface area contributed by atoms with E-state index in [9.17, 15) is 0 Å². The van der Waals surface area contributed by atoms with E-state index < -0.39 is 0 Å². The van der Waals surface area contributed by atoms with Gasteiger partial charge < -0.3 is 10.1 Å². The van der Waals surface area contributed by atoms with Gasteiger partial charge in [0.15, 0.2) is 0 Å². The summed E-state index contributed by atoms with van der Waals surface area (Å²) in [4.78, 5) is 0. The van der Waals surface area contributed by atoms with Gasteiger partial charge in [0.25, 0.3) is 0 Å². The topological polar surface area (TPSA) is 21.3 Å². The SMILES string of the molecule is CNC(c1cc(Br)c(C)cc1OC)c1cc(Br)sc1Br. The highest BCUT2D eigenvalue weighted by molar-refractivity contribution is 9.12. The van der Waals surface area contributed by atoms with Crippen LogP contribution in [-0.2, 0) is 0 Å². The van der Waals surface area contributed by atoms with E-state index in [1.807, 2.05) is 7.05 Å². The van der Waals surface area contributed by atoms with Gasteiger partial charge >= 0.3 is 0 Å². The maximum absolute atomic E-state index is 5.55. The van der Waals surface area contributed by atoms with Crippen molar-refractivity contribution in [3.63, 3.8) is 0 Å². The average Bonchev–Trinajstić information content (AvgIpc) is 2.73. The minimum absolute atomic E-state index is 0.0683. The Kier molecular flexibility index (Phi) is 5.71. The average molecular weight is 484 g/mol. The van der Waals surface area contributed by atoms with Gasteiger partial charge in [0, 0.05) is 10.0 Å². The molecule has 2 nitrogen and oxygen atoms in total.